The number of hydrogen-bond acceptors (Lipinski definition) is 6. The van der Waals surface area contributed by atoms with Crippen LogP contribution in [0.1, 0.15) is 51.4 Å². The van der Waals surface area contributed by atoms with E-state index < -0.39 is 0 Å². The van der Waals surface area contributed by atoms with Gasteiger partial charge in [0, 0.05) is 34.7 Å². The van der Waals surface area contributed by atoms with Gasteiger partial charge in [-0.25, -0.2) is 9.98 Å². The molecule has 2 heterocycles. The molecule has 20 heavy (non-hydrogen) atoms. The number of ether oxygens (including phenoxy) is 2. The Morgan fingerprint density at radius 3 is 1.65 bits per heavy atom. The second-order valence-corrected chi connectivity index (χ2v) is 7.02. The molecule has 0 spiro atoms. The summed E-state index contributed by atoms with van der Waals surface area (Å²) in [6, 6.07) is 0. The van der Waals surface area contributed by atoms with Crippen molar-refractivity contribution in [2.75, 3.05) is 26.3 Å². The summed E-state index contributed by atoms with van der Waals surface area (Å²) in [7, 11) is 3.09. The molecular weight excluding hydrogens is 292 g/mol. The van der Waals surface area contributed by atoms with E-state index in [1.165, 1.54) is 25.7 Å². The molecule has 0 aromatic heterocycles. The molecule has 0 aromatic rings. The van der Waals surface area contributed by atoms with Crippen LogP contribution in [0, 0.1) is 0 Å². The Bertz CT molecular complexity index is 335. The minimum absolute atomic E-state index is 0.776. The van der Waals surface area contributed by atoms with Crippen LogP contribution >= 0.6 is 21.6 Å². The summed E-state index contributed by atoms with van der Waals surface area (Å²) in [6.45, 7) is 3.30. The van der Waals surface area contributed by atoms with Crippen molar-refractivity contribution in [2.24, 2.45) is 9.98 Å². The van der Waals surface area contributed by atoms with E-state index in [9.17, 15) is 0 Å². The molecule has 0 unspecified atom stereocenters. The van der Waals surface area contributed by atoms with Crippen molar-refractivity contribution in [1.82, 2.24) is 0 Å². The predicted molar refractivity (Wildman–Crippen MR) is 88.6 cm³/mol. The fraction of sp³-hybridized carbons (Fsp3) is 0.857. The van der Waals surface area contributed by atoms with Crippen LogP contribution in [-0.4, -0.2) is 36.8 Å². The lowest BCUT2D eigenvalue weighted by molar-refractivity contribution is 0.295. The van der Waals surface area contributed by atoms with Crippen LogP contribution in [0.2, 0.25) is 0 Å². The van der Waals surface area contributed by atoms with Crippen LogP contribution in [0.5, 0.6) is 0 Å². The average Bonchev–Trinajstić information content (AvgIpc) is 2.44. The van der Waals surface area contributed by atoms with Crippen molar-refractivity contribution in [3.05, 3.63) is 0 Å². The normalized spacial score (nSPS) is 22.4. The molecule has 0 aromatic carbocycles. The van der Waals surface area contributed by atoms with Gasteiger partial charge in [0.05, 0.1) is 13.2 Å². The third-order valence-corrected chi connectivity index (χ3v) is 5.19. The first-order valence-corrected chi connectivity index (χ1v) is 9.79. The van der Waals surface area contributed by atoms with E-state index in [2.05, 4.69) is 9.98 Å². The van der Waals surface area contributed by atoms with Crippen LogP contribution in [0.4, 0.5) is 0 Å². The Morgan fingerprint density at radius 1 is 0.600 bits per heavy atom. The lowest BCUT2D eigenvalue weighted by atomic mass is 10.1. The molecule has 0 bridgehead atoms. The zero-order valence-corrected chi connectivity index (χ0v) is 13.6. The number of rotatable bonds is 0. The van der Waals surface area contributed by atoms with Crippen LogP contribution in [-0.2, 0) is 9.47 Å². The summed E-state index contributed by atoms with van der Waals surface area (Å²) in [5, 5.41) is 1.56. The standard InChI is InChI=1S/C14H24N2O2S2/c1-2-5-9-15-13(17-11-7-3-1)19-20-14-16-10-6-4-8-12-18-14/h1-12H2. The molecule has 0 aliphatic carbocycles. The Kier molecular flexibility index (Phi) is 8.31. The fourth-order valence-corrected chi connectivity index (χ4v) is 3.78. The summed E-state index contributed by atoms with van der Waals surface area (Å²) in [5.74, 6) is 0. The lowest BCUT2D eigenvalue weighted by Gasteiger charge is -2.13. The van der Waals surface area contributed by atoms with E-state index in [0.717, 1.165) is 62.4 Å². The molecule has 4 nitrogen and oxygen atoms in total. The van der Waals surface area contributed by atoms with Crippen molar-refractivity contribution < 1.29 is 9.47 Å². The molecule has 2 aliphatic rings. The summed E-state index contributed by atoms with van der Waals surface area (Å²) >= 11 is 0. The molecule has 0 fully saturated rings. The molecule has 0 N–H and O–H groups in total. The van der Waals surface area contributed by atoms with Crippen LogP contribution in [0.15, 0.2) is 9.98 Å². The molecule has 0 amide bonds. The van der Waals surface area contributed by atoms with E-state index in [0.29, 0.717) is 0 Å². The third-order valence-electron chi connectivity index (χ3n) is 3.22. The van der Waals surface area contributed by atoms with Crippen LogP contribution in [0.3, 0.4) is 0 Å². The van der Waals surface area contributed by atoms with Gasteiger partial charge in [-0.3, -0.25) is 0 Å². The summed E-state index contributed by atoms with van der Waals surface area (Å²) < 4.78 is 11.4. The molecule has 0 saturated carbocycles. The third kappa shape index (κ3) is 6.88. The SMILES string of the molecule is C1CCCN=C(SSC2=NCCCCCO2)OCCC1. The highest BCUT2D eigenvalue weighted by molar-refractivity contribution is 8.87. The van der Waals surface area contributed by atoms with Gasteiger partial charge in [-0.1, -0.05) is 19.3 Å². The lowest BCUT2D eigenvalue weighted by Crippen LogP contribution is -2.08. The highest BCUT2D eigenvalue weighted by atomic mass is 33.1. The maximum absolute atomic E-state index is 5.75. The Balaban J connectivity index is 1.78. The first kappa shape index (κ1) is 16.0. The van der Waals surface area contributed by atoms with Crippen molar-refractivity contribution in [3.8, 4) is 0 Å². The van der Waals surface area contributed by atoms with Crippen molar-refractivity contribution in [2.45, 2.75) is 51.4 Å². The van der Waals surface area contributed by atoms with Gasteiger partial charge < -0.3 is 9.47 Å². The zero-order chi connectivity index (χ0) is 13.9. The van der Waals surface area contributed by atoms with E-state index >= 15 is 0 Å². The van der Waals surface area contributed by atoms with Crippen molar-refractivity contribution in [1.29, 1.82) is 0 Å². The first-order chi connectivity index (χ1) is 9.95. The Labute approximate surface area is 129 Å². The number of aliphatic imine (C=N–C) groups is 2. The van der Waals surface area contributed by atoms with Gasteiger partial charge >= 0.3 is 0 Å². The largest absolute Gasteiger partial charge is 0.472 e. The van der Waals surface area contributed by atoms with Gasteiger partial charge in [-0.2, -0.15) is 0 Å². The van der Waals surface area contributed by atoms with E-state index in [1.807, 2.05) is 0 Å². The van der Waals surface area contributed by atoms with Gasteiger partial charge in [0.25, 0.3) is 10.5 Å². The van der Waals surface area contributed by atoms with Gasteiger partial charge in [0.15, 0.2) is 0 Å². The molecule has 2 rings (SSSR count). The van der Waals surface area contributed by atoms with Gasteiger partial charge in [-0.05, 0) is 32.1 Å². The van der Waals surface area contributed by atoms with E-state index in [-0.39, 0.29) is 0 Å². The second kappa shape index (κ2) is 10.4. The first-order valence-electron chi connectivity index (χ1n) is 7.64. The summed E-state index contributed by atoms with van der Waals surface area (Å²) in [5.41, 5.74) is 0. The quantitative estimate of drug-likeness (QED) is 0.626. The minimum atomic E-state index is 0.776. The van der Waals surface area contributed by atoms with E-state index in [1.54, 1.807) is 21.6 Å². The van der Waals surface area contributed by atoms with Gasteiger partial charge in [0.2, 0.25) is 0 Å². The topological polar surface area (TPSA) is 43.2 Å². The molecular formula is C14H24N2O2S2. The maximum Gasteiger partial charge on any atom is 0.257 e. The second-order valence-electron chi connectivity index (χ2n) is 4.99. The Hall–Kier alpha value is -0.360. The Morgan fingerprint density at radius 2 is 1.05 bits per heavy atom. The zero-order valence-electron chi connectivity index (χ0n) is 12.0. The monoisotopic (exact) mass is 316 g/mol. The molecule has 2 aliphatic heterocycles. The van der Waals surface area contributed by atoms with Crippen LogP contribution < -0.4 is 0 Å². The number of hydrogen-bond donors (Lipinski definition) is 0. The number of nitrogens with zero attached hydrogens (tertiary/aromatic N) is 2. The van der Waals surface area contributed by atoms with Crippen molar-refractivity contribution in [3.63, 3.8) is 0 Å². The highest BCUT2D eigenvalue weighted by Crippen LogP contribution is 2.27. The summed E-state index contributed by atoms with van der Waals surface area (Å²) in [6.07, 6.45) is 9.64. The molecule has 6 heteroatoms. The fourth-order valence-electron chi connectivity index (χ4n) is 2.06. The van der Waals surface area contributed by atoms with Crippen LogP contribution in [0.25, 0.3) is 0 Å². The minimum Gasteiger partial charge on any atom is -0.472 e. The van der Waals surface area contributed by atoms with E-state index in [4.69, 9.17) is 9.47 Å². The molecule has 0 saturated heterocycles. The summed E-state index contributed by atoms with van der Waals surface area (Å²) in [4.78, 5) is 9.01. The van der Waals surface area contributed by atoms with Crippen molar-refractivity contribution >= 4 is 32.0 Å². The van der Waals surface area contributed by atoms with Gasteiger partial charge in [0.1, 0.15) is 0 Å². The predicted octanol–water partition coefficient (Wildman–Crippen LogP) is 4.26. The molecule has 114 valence electrons. The molecule has 0 radical (unpaired) electrons. The maximum atomic E-state index is 5.75. The molecule has 0 atom stereocenters. The van der Waals surface area contributed by atoms with Gasteiger partial charge in [-0.15, -0.1) is 0 Å². The average molecular weight is 316 g/mol. The smallest absolute Gasteiger partial charge is 0.257 e. The highest BCUT2D eigenvalue weighted by Gasteiger charge is 2.10.